The fourth-order valence-electron chi connectivity index (χ4n) is 8.92. The molecule has 0 saturated heterocycles. The number of thiazole rings is 1. The molecule has 9 heterocycles. The molecule has 103 heavy (non-hydrogen) atoms. The van der Waals surface area contributed by atoms with Gasteiger partial charge in [-0.2, -0.15) is 5.10 Å². The summed E-state index contributed by atoms with van der Waals surface area (Å²) in [5, 5.41) is 19.9. The average Bonchev–Trinajstić information content (AvgIpc) is 1.12. The van der Waals surface area contributed by atoms with Crippen LogP contribution < -0.4 is 35.8 Å². The number of hydrogen-bond acceptors (Lipinski definition) is 16. The predicted molar refractivity (Wildman–Crippen MR) is 380 cm³/mol. The number of pyridine rings is 2. The fourth-order valence-corrected chi connectivity index (χ4v) is 15.7. The van der Waals surface area contributed by atoms with Crippen molar-refractivity contribution in [2.24, 2.45) is 7.05 Å². The van der Waals surface area contributed by atoms with E-state index in [-0.39, 0.29) is 70.6 Å². The fraction of sp³-hybridized carbons (Fsp3) is 0.0556. The van der Waals surface area contributed by atoms with Gasteiger partial charge in [0.25, 0.3) is 0 Å². The first-order valence-electron chi connectivity index (χ1n) is 29.9. The van der Waals surface area contributed by atoms with Crippen LogP contribution in [0.15, 0.2) is 280 Å². The number of nitrogens with zero attached hydrogens (tertiary/aromatic N) is 17. The molecule has 18 nitrogen and oxygen atoms in total. The molecule has 9 aromatic heterocycles. The minimum absolute atomic E-state index is 0. The second-order valence-electron chi connectivity index (χ2n) is 20.0. The molecule has 0 N–H and O–H groups in total. The van der Waals surface area contributed by atoms with Gasteiger partial charge in [0.05, 0.1) is 73.3 Å². The van der Waals surface area contributed by atoms with E-state index in [2.05, 4.69) is 221 Å². The summed E-state index contributed by atoms with van der Waals surface area (Å²) in [5.41, 5.74) is 6.96. The smallest absolute Gasteiger partial charge is 0.762 e. The van der Waals surface area contributed by atoms with E-state index in [1.807, 2.05) is 71.7 Å². The quantitative estimate of drug-likeness (QED) is 0.0429. The predicted octanol–water partition coefficient (Wildman–Crippen LogP) is 9.53. The molecule has 0 fully saturated rings. The van der Waals surface area contributed by atoms with Crippen LogP contribution in [-0.2, 0) is 67.4 Å². The first-order chi connectivity index (χ1) is 48.6. The van der Waals surface area contributed by atoms with Crippen molar-refractivity contribution in [2.45, 2.75) is 0 Å². The topological polar surface area (TPSA) is 214 Å². The van der Waals surface area contributed by atoms with Gasteiger partial charge in [0.15, 0.2) is 0 Å². The van der Waals surface area contributed by atoms with Crippen molar-refractivity contribution in [3.8, 4) is 68.5 Å². The molecule has 0 atom stereocenters. The Hall–Kier alpha value is -9.77. The molecule has 0 aliphatic heterocycles. The second kappa shape index (κ2) is 46.7. The number of aromatic nitrogens is 17. The molecule has 0 aliphatic carbocycles. The summed E-state index contributed by atoms with van der Waals surface area (Å²) in [5.74, 6) is 0.938. The Labute approximate surface area is 637 Å². The van der Waals surface area contributed by atoms with Gasteiger partial charge < -0.3 is 49.0 Å². The molecule has 0 unspecified atom stereocenters. The van der Waals surface area contributed by atoms with Gasteiger partial charge in [-0.05, 0) is 131 Å². The Morgan fingerprint density at radius 3 is 1.51 bits per heavy atom. The number of imidazole rings is 1. The monoisotopic (exact) mass is 1970 g/mol. The van der Waals surface area contributed by atoms with Crippen LogP contribution in [0.4, 0.5) is 21.7 Å². The van der Waals surface area contributed by atoms with Gasteiger partial charge >= 0.3 is 7.54 Å². The van der Waals surface area contributed by atoms with Crippen LogP contribution in [0.25, 0.3) is 62.8 Å². The molecule has 0 bridgehead atoms. The van der Waals surface area contributed by atoms with E-state index in [0.29, 0.717) is 40.3 Å². The molecule has 3 radical (unpaired) electrons. The van der Waals surface area contributed by atoms with Crippen LogP contribution in [-0.4, -0.2) is 106 Å². The zero-order valence-electron chi connectivity index (χ0n) is 54.2. The van der Waals surface area contributed by atoms with Crippen LogP contribution in [0.1, 0.15) is 0 Å². The molecule has 0 aliphatic rings. The van der Waals surface area contributed by atoms with Crippen molar-refractivity contribution in [2.75, 3.05) is 19.4 Å². The normalized spacial score (nSPS) is 9.83. The van der Waals surface area contributed by atoms with Crippen molar-refractivity contribution >= 4 is 55.9 Å². The van der Waals surface area contributed by atoms with Crippen LogP contribution in [0.5, 0.6) is 5.75 Å². The molecular formula is C72H58BF6Ir3N17OP2S-4. The molecule has 529 valence electrons. The van der Waals surface area contributed by atoms with E-state index < -0.39 is 35.0 Å². The van der Waals surface area contributed by atoms with Gasteiger partial charge in [0.2, 0.25) is 0 Å². The van der Waals surface area contributed by atoms with Gasteiger partial charge in [0.1, 0.15) is 30.7 Å². The summed E-state index contributed by atoms with van der Waals surface area (Å²) in [6, 6.07) is 67.5. The molecule has 31 heteroatoms. The van der Waals surface area contributed by atoms with Crippen LogP contribution in [0, 0.1) is 36.3 Å². The third-order valence-electron chi connectivity index (χ3n) is 13.4. The number of ether oxygens (including phenoxy) is 1. The summed E-state index contributed by atoms with van der Waals surface area (Å²) >= 11 is 1.54. The maximum Gasteiger partial charge on any atom is 0.762 e. The molecule has 0 spiro atoms. The maximum atomic E-state index is 13.4. The summed E-state index contributed by atoms with van der Waals surface area (Å²) in [7, 11) is -1.82. The van der Waals surface area contributed by atoms with Gasteiger partial charge in [-0.15, -0.1) is 35.9 Å². The second-order valence-corrected chi connectivity index (χ2v) is 25.9. The summed E-state index contributed by atoms with van der Waals surface area (Å²) in [6.07, 6.45) is 30.1. The van der Waals surface area contributed by atoms with Crippen LogP contribution >= 0.6 is 27.2 Å². The Kier molecular flexibility index (Phi) is 38.0. The number of benzene rings is 6. The minimum Gasteiger partial charge on any atom is -1.00 e. The molecule has 6 aromatic carbocycles. The molecule has 15 aromatic rings. The first-order valence-corrected chi connectivity index (χ1v) is 34.3. The van der Waals surface area contributed by atoms with E-state index in [0.717, 1.165) is 34.8 Å². The van der Waals surface area contributed by atoms with Crippen molar-refractivity contribution < 1.29 is 91.5 Å². The van der Waals surface area contributed by atoms with Crippen molar-refractivity contribution in [3.05, 3.63) is 316 Å². The summed E-state index contributed by atoms with van der Waals surface area (Å²) < 4.78 is 63.5. The minimum atomic E-state index is -3.67. The van der Waals surface area contributed by atoms with Crippen LogP contribution in [0.2, 0.25) is 0 Å². The zero-order valence-corrected chi connectivity index (χ0v) is 64.2. The van der Waals surface area contributed by atoms with Crippen LogP contribution in [0.3, 0.4) is 0 Å². The van der Waals surface area contributed by atoms with Gasteiger partial charge in [-0.3, -0.25) is 51.7 Å². The number of aryl methyl sites for hydroxylation is 1. The summed E-state index contributed by atoms with van der Waals surface area (Å²) in [4.78, 5) is 48.0. The number of halogens is 6. The first kappa shape index (κ1) is 83.9. The molecular weight excluding hydrogens is 1910 g/mol. The summed E-state index contributed by atoms with van der Waals surface area (Å²) in [6.45, 7) is 0. The molecule has 0 amide bonds. The van der Waals surface area contributed by atoms with Gasteiger partial charge in [0, 0.05) is 103 Å². The van der Waals surface area contributed by atoms with Gasteiger partial charge in [-0.1, -0.05) is 146 Å². The Morgan fingerprint density at radius 2 is 1.07 bits per heavy atom. The number of methoxy groups -OCH3 is 1. The maximum absolute atomic E-state index is 13.4. The Balaban J connectivity index is 0.000000225. The third-order valence-corrected chi connectivity index (χ3v) is 20.1. The largest absolute Gasteiger partial charge is 1.00 e. The number of rotatable bonds is 14. The molecule has 15 rings (SSSR count). The van der Waals surface area contributed by atoms with Crippen molar-refractivity contribution in [3.63, 3.8) is 0 Å². The van der Waals surface area contributed by atoms with E-state index in [4.69, 9.17) is 4.74 Å². The average molecular weight is 1970 g/mol. The van der Waals surface area contributed by atoms with E-state index in [1.165, 1.54) is 69.2 Å². The zero-order chi connectivity index (χ0) is 69.1. The molecule has 0 saturated carbocycles. The Bertz CT molecular complexity index is 4380. The van der Waals surface area contributed by atoms with E-state index in [1.54, 1.807) is 73.7 Å². The Morgan fingerprint density at radius 1 is 0.544 bits per heavy atom. The van der Waals surface area contributed by atoms with Gasteiger partial charge in [-0.25, -0.2) is 9.67 Å². The third kappa shape index (κ3) is 27.8. The standard InChI is InChI=1S/C26H24P2.C13H9N4.C12H8F2NO.C8H7N4.C7H4N3S.C6H4N5.BF3.FH.3Ir/c1-5-13-23(14-6-1)27(24-15-7-2-8-16-24)21-22-28(25-17-9-3-10-18-25)26-19-11-4-12-20-26;1-2-6-10(7-3-1)12-15-13(17-16-12)11-8-4-5-9-14-11;1-16-9-4-5-15-12(7-9)10-3-2-8(13)6-11(10)14;1-12-5-8(11-6-12)7-4-9-2-3-10-7;1-2-9-6(3-8-1)7-4-11-5-10-7;1-2-9-6(3-7-1)11-5-8-4-10-11;2-1(3)4;;;;/h1-20H,21-22H2;1-9H;2,4-7H,1H3;2-3,5-6H,1H3;2*1-2,4-5H;;1H;;;/q;5*-1;;;;;/p+1. The number of hydrogen-bond donors (Lipinski definition) is 0. The van der Waals surface area contributed by atoms with Crippen molar-refractivity contribution in [1.29, 1.82) is 0 Å². The van der Waals surface area contributed by atoms with E-state index >= 15 is 0 Å². The SMILES string of the molecule is COc1ccnc(-c2[c-]cc(F)cc2F)c1.Cn1cnc(-c2[c-]nccn2)c1.FB(F)F.[F-].[Ir].[Ir].[Ir].[c-]1nccnc1-c1cscn1.[c-]1nccnc1-n1cncn1.c1ccc(-c2n[n-]c(-c3ccccn3)n2)cc1.c1ccc([PH+](CC[PH+](c2ccccc2)c2ccccc2)c2ccccc2)cc1. The van der Waals surface area contributed by atoms with Crippen molar-refractivity contribution in [1.82, 2.24) is 84.4 Å². The van der Waals surface area contributed by atoms with E-state index in [9.17, 15) is 21.7 Å².